The zero-order chi connectivity index (χ0) is 18.4. The molecular weight excluding hydrogens is 316 g/mol. The summed E-state index contributed by atoms with van der Waals surface area (Å²) in [7, 11) is 0. The van der Waals surface area contributed by atoms with Gasteiger partial charge in [-0.1, -0.05) is 58.8 Å². The molecule has 0 aliphatic heterocycles. The zero-order valence-electron chi connectivity index (χ0n) is 16.1. The minimum atomic E-state index is -0.973. The minimum absolute atomic E-state index is 0.0940. The van der Waals surface area contributed by atoms with Gasteiger partial charge in [0.2, 0.25) is 5.91 Å². The highest BCUT2D eigenvalue weighted by Gasteiger charge is 2.35. The van der Waals surface area contributed by atoms with Crippen molar-refractivity contribution in [3.05, 3.63) is 0 Å². The summed E-state index contributed by atoms with van der Waals surface area (Å²) >= 11 is 0. The Morgan fingerprint density at radius 2 is 1.72 bits per heavy atom. The van der Waals surface area contributed by atoms with Gasteiger partial charge in [0.1, 0.15) is 6.10 Å². The second-order valence-corrected chi connectivity index (χ2v) is 8.78. The number of hydrogen-bond acceptors (Lipinski definition) is 4. The van der Waals surface area contributed by atoms with Crippen molar-refractivity contribution >= 4 is 5.91 Å². The van der Waals surface area contributed by atoms with E-state index in [1.807, 2.05) is 13.8 Å². The van der Waals surface area contributed by atoms with Gasteiger partial charge in [-0.25, -0.2) is 5.84 Å². The van der Waals surface area contributed by atoms with Gasteiger partial charge in [-0.05, 0) is 37.0 Å². The van der Waals surface area contributed by atoms with Crippen LogP contribution in [-0.2, 0) is 4.79 Å². The normalized spacial score (nSPS) is 22.6. The van der Waals surface area contributed by atoms with Crippen LogP contribution in [0.15, 0.2) is 0 Å². The maximum atomic E-state index is 12.5. The first-order valence-corrected chi connectivity index (χ1v) is 10.3. The third kappa shape index (κ3) is 6.87. The third-order valence-electron chi connectivity index (χ3n) is 5.91. The van der Waals surface area contributed by atoms with E-state index in [0.29, 0.717) is 31.1 Å². The Morgan fingerprint density at radius 1 is 1.08 bits per heavy atom. The number of carbonyl (C=O) groups excluding carboxylic acids is 1. The molecule has 5 heteroatoms. The summed E-state index contributed by atoms with van der Waals surface area (Å²) in [5, 5.41) is 22.4. The van der Waals surface area contributed by atoms with Crippen molar-refractivity contribution in [3.63, 3.8) is 0 Å². The van der Waals surface area contributed by atoms with Gasteiger partial charge in [-0.2, -0.15) is 0 Å². The van der Waals surface area contributed by atoms with Crippen molar-refractivity contribution in [2.45, 2.75) is 103 Å². The predicted molar refractivity (Wildman–Crippen MR) is 99.4 cm³/mol. The van der Waals surface area contributed by atoms with E-state index in [4.69, 9.17) is 5.84 Å². The number of aliphatic hydroxyl groups is 2. The molecule has 2 aliphatic rings. The molecular formula is C20H38N2O3. The molecule has 25 heavy (non-hydrogen) atoms. The summed E-state index contributed by atoms with van der Waals surface area (Å²) < 4.78 is 0. The Morgan fingerprint density at radius 3 is 2.28 bits per heavy atom. The SMILES string of the molecule is CC(C)C[C@H](O)[C@H](O)[C@H](CC1CCCCC1)N(N)C(=O)CCC1CC1. The van der Waals surface area contributed by atoms with Gasteiger partial charge < -0.3 is 10.2 Å². The molecule has 5 nitrogen and oxygen atoms in total. The third-order valence-corrected chi connectivity index (χ3v) is 5.91. The minimum Gasteiger partial charge on any atom is -0.390 e. The first-order valence-electron chi connectivity index (χ1n) is 10.3. The van der Waals surface area contributed by atoms with Crippen LogP contribution in [0.1, 0.15) is 84.5 Å². The summed E-state index contributed by atoms with van der Waals surface area (Å²) in [6.07, 6.45) is 9.16. The van der Waals surface area contributed by atoms with Crippen molar-refractivity contribution < 1.29 is 15.0 Å². The monoisotopic (exact) mass is 354 g/mol. The molecule has 0 aromatic rings. The van der Waals surface area contributed by atoms with E-state index in [1.165, 1.54) is 37.1 Å². The second kappa shape index (κ2) is 9.89. The van der Waals surface area contributed by atoms with Crippen LogP contribution in [0.4, 0.5) is 0 Å². The zero-order valence-corrected chi connectivity index (χ0v) is 16.1. The molecule has 1 amide bonds. The van der Waals surface area contributed by atoms with E-state index in [2.05, 4.69) is 0 Å². The first kappa shape index (κ1) is 20.7. The Hall–Kier alpha value is -0.650. The van der Waals surface area contributed by atoms with Crippen LogP contribution in [-0.4, -0.2) is 39.4 Å². The van der Waals surface area contributed by atoms with Crippen molar-refractivity contribution in [2.24, 2.45) is 23.6 Å². The summed E-state index contributed by atoms with van der Waals surface area (Å²) in [6, 6.07) is -0.483. The molecule has 0 unspecified atom stereocenters. The number of aliphatic hydroxyl groups excluding tert-OH is 2. The Labute approximate surface area is 152 Å². The molecule has 3 atom stereocenters. The lowest BCUT2D eigenvalue weighted by Gasteiger charge is -2.37. The van der Waals surface area contributed by atoms with E-state index < -0.39 is 18.2 Å². The van der Waals surface area contributed by atoms with Gasteiger partial charge in [-0.15, -0.1) is 0 Å². The maximum absolute atomic E-state index is 12.5. The average molecular weight is 355 g/mol. The van der Waals surface area contributed by atoms with E-state index in [9.17, 15) is 15.0 Å². The topological polar surface area (TPSA) is 86.8 Å². The molecule has 0 spiro atoms. The highest BCUT2D eigenvalue weighted by Crippen LogP contribution is 2.34. The van der Waals surface area contributed by atoms with Gasteiger partial charge in [0, 0.05) is 6.42 Å². The number of nitrogens with zero attached hydrogens (tertiary/aromatic N) is 1. The Bertz CT molecular complexity index is 406. The largest absolute Gasteiger partial charge is 0.390 e. The lowest BCUT2D eigenvalue weighted by Crippen LogP contribution is -2.55. The molecule has 0 aromatic carbocycles. The van der Waals surface area contributed by atoms with Crippen molar-refractivity contribution in [1.29, 1.82) is 0 Å². The number of carbonyl (C=O) groups is 1. The average Bonchev–Trinajstić information content (AvgIpc) is 3.41. The van der Waals surface area contributed by atoms with Crippen molar-refractivity contribution in [1.82, 2.24) is 5.01 Å². The standard InChI is InChI=1S/C20H38N2O3/c1-14(2)12-18(23)20(25)17(13-16-6-4-3-5-7-16)22(21)19(24)11-10-15-8-9-15/h14-18,20,23,25H,3-13,21H2,1-2H3/t17-,18-,20+/m0/s1. The number of rotatable bonds is 10. The Balaban J connectivity index is 1.98. The van der Waals surface area contributed by atoms with Crippen molar-refractivity contribution in [2.75, 3.05) is 0 Å². The first-order chi connectivity index (χ1) is 11.9. The number of nitrogens with two attached hydrogens (primary N) is 1. The van der Waals surface area contributed by atoms with Crippen LogP contribution in [0, 0.1) is 17.8 Å². The van der Waals surface area contributed by atoms with Gasteiger partial charge in [0.25, 0.3) is 0 Å². The fraction of sp³-hybridized carbons (Fsp3) is 0.950. The van der Waals surface area contributed by atoms with Crippen LogP contribution in [0.5, 0.6) is 0 Å². The highest BCUT2D eigenvalue weighted by molar-refractivity contribution is 5.76. The quantitative estimate of drug-likeness (QED) is 0.320. The molecule has 0 saturated heterocycles. The molecule has 0 bridgehead atoms. The fourth-order valence-corrected chi connectivity index (χ4v) is 4.11. The van der Waals surface area contributed by atoms with E-state index in [-0.39, 0.29) is 11.8 Å². The molecule has 2 saturated carbocycles. The van der Waals surface area contributed by atoms with Gasteiger partial charge >= 0.3 is 0 Å². The summed E-state index contributed by atoms with van der Waals surface area (Å²) in [6.45, 7) is 4.04. The molecule has 4 N–H and O–H groups in total. The van der Waals surface area contributed by atoms with Gasteiger partial charge in [0.05, 0.1) is 12.1 Å². The van der Waals surface area contributed by atoms with Crippen LogP contribution in [0.25, 0.3) is 0 Å². The highest BCUT2D eigenvalue weighted by atomic mass is 16.3. The van der Waals surface area contributed by atoms with Gasteiger partial charge in [-0.3, -0.25) is 9.80 Å². The number of amides is 1. The number of hydrazine groups is 1. The Kier molecular flexibility index (Phi) is 8.17. The predicted octanol–water partition coefficient (Wildman–Crippen LogP) is 2.99. The van der Waals surface area contributed by atoms with Crippen LogP contribution in [0.3, 0.4) is 0 Å². The van der Waals surface area contributed by atoms with Crippen LogP contribution in [0.2, 0.25) is 0 Å². The fourth-order valence-electron chi connectivity index (χ4n) is 4.11. The van der Waals surface area contributed by atoms with Crippen LogP contribution < -0.4 is 5.84 Å². The molecule has 0 radical (unpaired) electrons. The lowest BCUT2D eigenvalue weighted by atomic mass is 9.82. The van der Waals surface area contributed by atoms with Crippen LogP contribution >= 0.6 is 0 Å². The van der Waals surface area contributed by atoms with Gasteiger partial charge in [0.15, 0.2) is 0 Å². The molecule has 0 heterocycles. The lowest BCUT2D eigenvalue weighted by molar-refractivity contribution is -0.140. The van der Waals surface area contributed by atoms with E-state index in [1.54, 1.807) is 0 Å². The molecule has 2 aliphatic carbocycles. The second-order valence-electron chi connectivity index (χ2n) is 8.78. The summed E-state index contributed by atoms with van der Waals surface area (Å²) in [5.41, 5.74) is 0. The summed E-state index contributed by atoms with van der Waals surface area (Å²) in [5.74, 6) is 7.54. The number of hydrogen-bond donors (Lipinski definition) is 3. The molecule has 2 rings (SSSR count). The smallest absolute Gasteiger partial charge is 0.236 e. The summed E-state index contributed by atoms with van der Waals surface area (Å²) in [4.78, 5) is 12.5. The maximum Gasteiger partial charge on any atom is 0.236 e. The van der Waals surface area contributed by atoms with Crippen molar-refractivity contribution in [3.8, 4) is 0 Å². The molecule has 2 fully saturated rings. The molecule has 0 aromatic heterocycles. The van der Waals surface area contributed by atoms with E-state index >= 15 is 0 Å². The van der Waals surface area contributed by atoms with E-state index in [0.717, 1.165) is 19.3 Å². The molecule has 146 valence electrons.